The van der Waals surface area contributed by atoms with Gasteiger partial charge in [0.2, 0.25) is 5.91 Å². The molecule has 3 heterocycles. The molecule has 0 saturated carbocycles. The molecule has 2 atom stereocenters. The van der Waals surface area contributed by atoms with Gasteiger partial charge in [-0.2, -0.15) is 0 Å². The maximum Gasteiger partial charge on any atom is 0.353 e. The summed E-state index contributed by atoms with van der Waals surface area (Å²) in [4.78, 5) is 39.9. The Morgan fingerprint density at radius 2 is 2.16 bits per heavy atom. The Bertz CT molecular complexity index is 761. The van der Waals surface area contributed by atoms with Crippen LogP contribution in [0.4, 0.5) is 0 Å². The van der Waals surface area contributed by atoms with Crippen molar-refractivity contribution >= 4 is 52.6 Å². The first-order chi connectivity index (χ1) is 12.0. The minimum Gasteiger partial charge on any atom is -0.477 e. The Balaban J connectivity index is 1.66. The third-order valence-corrected chi connectivity index (χ3v) is 7.35. The number of carbonyl (C=O) groups excluding carboxylic acids is 2. The fourth-order valence-electron chi connectivity index (χ4n) is 2.76. The van der Waals surface area contributed by atoms with Gasteiger partial charge >= 0.3 is 5.97 Å². The average molecular weight is 400 g/mol. The second-order valence-corrected chi connectivity index (χ2v) is 8.74. The third-order valence-electron chi connectivity index (χ3n) is 3.95. The predicted molar refractivity (Wildman–Crippen MR) is 99.1 cm³/mol. The lowest BCUT2D eigenvalue weighted by Crippen LogP contribution is -2.70. The Hall–Kier alpha value is -1.49. The molecular formula is C15H17N3O4S3. The summed E-state index contributed by atoms with van der Waals surface area (Å²) in [6, 6.07) is 3.06. The first-order valence-electron chi connectivity index (χ1n) is 7.48. The van der Waals surface area contributed by atoms with Gasteiger partial charge in [-0.3, -0.25) is 14.5 Å². The Labute approximate surface area is 157 Å². The van der Waals surface area contributed by atoms with E-state index in [1.807, 2.05) is 12.1 Å². The minimum absolute atomic E-state index is 0.0394. The van der Waals surface area contributed by atoms with E-state index < -0.39 is 12.0 Å². The number of β-lactam (4-membered cyclic amide) rings is 1. The molecule has 2 aliphatic heterocycles. The molecule has 0 aromatic carbocycles. The molecule has 7 nitrogen and oxygen atoms in total. The number of hydrogen-bond donors (Lipinski definition) is 3. The monoisotopic (exact) mass is 399 g/mol. The SMILES string of the molecule is CSC1=C(C(=O)O)N2C(=O)[C@@H](NC(=O)Cc3ccc(CN)s3)[C@H]2SC1. The van der Waals surface area contributed by atoms with Gasteiger partial charge in [0, 0.05) is 27.0 Å². The highest BCUT2D eigenvalue weighted by Crippen LogP contribution is 2.42. The molecule has 0 bridgehead atoms. The van der Waals surface area contributed by atoms with E-state index in [0.29, 0.717) is 17.2 Å². The van der Waals surface area contributed by atoms with Crippen molar-refractivity contribution in [1.29, 1.82) is 0 Å². The van der Waals surface area contributed by atoms with Gasteiger partial charge in [-0.15, -0.1) is 34.9 Å². The summed E-state index contributed by atoms with van der Waals surface area (Å²) in [5.41, 5.74) is 5.60. The van der Waals surface area contributed by atoms with Crippen LogP contribution in [0.3, 0.4) is 0 Å². The largest absolute Gasteiger partial charge is 0.477 e. The van der Waals surface area contributed by atoms with Crippen LogP contribution in [0.15, 0.2) is 22.7 Å². The number of carboxylic acid groups (broad SMARTS) is 1. The molecule has 1 aromatic heterocycles. The summed E-state index contributed by atoms with van der Waals surface area (Å²) in [5.74, 6) is -1.21. The Morgan fingerprint density at radius 3 is 2.76 bits per heavy atom. The zero-order valence-corrected chi connectivity index (χ0v) is 15.8. The highest BCUT2D eigenvalue weighted by atomic mass is 32.2. The number of nitrogens with zero attached hydrogens (tertiary/aromatic N) is 1. The molecule has 1 fully saturated rings. The molecule has 1 saturated heterocycles. The minimum atomic E-state index is -1.11. The number of carbonyl (C=O) groups is 3. The van der Waals surface area contributed by atoms with E-state index in [9.17, 15) is 19.5 Å². The number of carboxylic acids is 1. The predicted octanol–water partition coefficient (Wildman–Crippen LogP) is 0.808. The summed E-state index contributed by atoms with van der Waals surface area (Å²) in [6.07, 6.45) is 1.98. The van der Waals surface area contributed by atoms with Gasteiger partial charge in [0.25, 0.3) is 5.91 Å². The lowest BCUT2D eigenvalue weighted by Gasteiger charge is -2.49. The van der Waals surface area contributed by atoms with Crippen LogP contribution in [-0.2, 0) is 27.3 Å². The smallest absolute Gasteiger partial charge is 0.353 e. The average Bonchev–Trinajstić information content (AvgIpc) is 3.05. The van der Waals surface area contributed by atoms with Crippen LogP contribution in [0, 0.1) is 0 Å². The lowest BCUT2D eigenvalue weighted by atomic mass is 10.0. The van der Waals surface area contributed by atoms with E-state index >= 15 is 0 Å². The number of nitrogens with two attached hydrogens (primary N) is 1. The van der Waals surface area contributed by atoms with E-state index in [1.54, 1.807) is 6.26 Å². The Kier molecular flexibility index (Phi) is 5.42. The van der Waals surface area contributed by atoms with Gasteiger partial charge in [0.1, 0.15) is 17.1 Å². The first-order valence-corrected chi connectivity index (χ1v) is 10.6. The molecule has 4 N–H and O–H groups in total. The fourth-order valence-corrected chi connectivity index (χ4v) is 5.90. The van der Waals surface area contributed by atoms with Crippen LogP contribution in [0.5, 0.6) is 0 Å². The van der Waals surface area contributed by atoms with Crippen molar-refractivity contribution in [3.8, 4) is 0 Å². The number of thioether (sulfide) groups is 2. The van der Waals surface area contributed by atoms with Crippen molar-refractivity contribution in [3.63, 3.8) is 0 Å². The summed E-state index contributed by atoms with van der Waals surface area (Å²) in [5, 5.41) is 11.8. The summed E-state index contributed by atoms with van der Waals surface area (Å²) < 4.78 is 0. The molecule has 0 aliphatic carbocycles. The van der Waals surface area contributed by atoms with Crippen molar-refractivity contribution < 1.29 is 19.5 Å². The van der Waals surface area contributed by atoms with Crippen molar-refractivity contribution in [1.82, 2.24) is 10.2 Å². The molecule has 0 radical (unpaired) electrons. The highest BCUT2D eigenvalue weighted by Gasteiger charge is 2.54. The number of thiophene rings is 1. The van der Waals surface area contributed by atoms with E-state index in [4.69, 9.17) is 5.73 Å². The van der Waals surface area contributed by atoms with Crippen LogP contribution < -0.4 is 11.1 Å². The number of amides is 2. The maximum absolute atomic E-state index is 12.4. The quantitative estimate of drug-likeness (QED) is 0.607. The number of rotatable bonds is 6. The fraction of sp³-hybridized carbons (Fsp3) is 0.400. The molecule has 0 unspecified atom stereocenters. The van der Waals surface area contributed by atoms with E-state index in [0.717, 1.165) is 9.75 Å². The van der Waals surface area contributed by atoms with Gasteiger partial charge in [-0.25, -0.2) is 4.79 Å². The zero-order valence-electron chi connectivity index (χ0n) is 13.4. The molecule has 2 aliphatic rings. The molecule has 2 amide bonds. The first kappa shape index (κ1) is 18.3. The van der Waals surface area contributed by atoms with Crippen molar-refractivity contribution in [2.24, 2.45) is 5.73 Å². The summed E-state index contributed by atoms with van der Waals surface area (Å²) in [6.45, 7) is 0.434. The van der Waals surface area contributed by atoms with Crippen molar-refractivity contribution in [2.75, 3.05) is 12.0 Å². The number of fused-ring (bicyclic) bond motifs is 1. The molecule has 1 aromatic rings. The van der Waals surface area contributed by atoms with Crippen LogP contribution in [0.1, 0.15) is 9.75 Å². The van der Waals surface area contributed by atoms with Crippen LogP contribution in [-0.4, -0.2) is 51.2 Å². The molecule has 25 heavy (non-hydrogen) atoms. The molecule has 10 heteroatoms. The molecule has 134 valence electrons. The summed E-state index contributed by atoms with van der Waals surface area (Å²) in [7, 11) is 0. The van der Waals surface area contributed by atoms with Gasteiger partial charge in [-0.05, 0) is 18.4 Å². The number of aliphatic carboxylic acids is 1. The van der Waals surface area contributed by atoms with Gasteiger partial charge in [0.15, 0.2) is 0 Å². The third kappa shape index (κ3) is 3.43. The van der Waals surface area contributed by atoms with Crippen molar-refractivity contribution in [2.45, 2.75) is 24.4 Å². The molecular weight excluding hydrogens is 382 g/mol. The second kappa shape index (κ2) is 7.40. The van der Waals surface area contributed by atoms with Crippen molar-refractivity contribution in [3.05, 3.63) is 32.5 Å². The normalized spacial score (nSPS) is 22.5. The highest BCUT2D eigenvalue weighted by molar-refractivity contribution is 8.05. The second-order valence-electron chi connectivity index (χ2n) is 5.48. The van der Waals surface area contributed by atoms with Gasteiger partial charge < -0.3 is 16.2 Å². The maximum atomic E-state index is 12.4. The molecule has 0 spiro atoms. The summed E-state index contributed by atoms with van der Waals surface area (Å²) >= 11 is 4.27. The Morgan fingerprint density at radius 1 is 1.44 bits per heavy atom. The lowest BCUT2D eigenvalue weighted by molar-refractivity contribution is -0.150. The number of hydrogen-bond acceptors (Lipinski definition) is 7. The standard InChI is InChI=1S/C15H17N3O4S3/c1-23-9-6-24-14-11(13(20)18(14)12(9)15(21)22)17-10(19)4-7-2-3-8(5-16)25-7/h2-3,11,14H,4-6,16H2,1H3,(H,17,19)(H,21,22)/t11-,14-/m1/s1. The zero-order chi connectivity index (χ0) is 18.1. The van der Waals surface area contributed by atoms with E-state index in [-0.39, 0.29) is 29.3 Å². The van der Waals surface area contributed by atoms with Gasteiger partial charge in [-0.1, -0.05) is 0 Å². The molecule has 3 rings (SSSR count). The van der Waals surface area contributed by atoms with Crippen LogP contribution in [0.25, 0.3) is 0 Å². The van der Waals surface area contributed by atoms with Crippen LogP contribution >= 0.6 is 34.9 Å². The topological polar surface area (TPSA) is 113 Å². The van der Waals surface area contributed by atoms with Crippen LogP contribution in [0.2, 0.25) is 0 Å². The van der Waals surface area contributed by atoms with E-state index in [1.165, 1.54) is 39.8 Å². The van der Waals surface area contributed by atoms with E-state index in [2.05, 4.69) is 5.32 Å². The number of nitrogens with one attached hydrogen (secondary N) is 1. The van der Waals surface area contributed by atoms with Gasteiger partial charge in [0.05, 0.1) is 6.42 Å².